The summed E-state index contributed by atoms with van der Waals surface area (Å²) in [7, 11) is 0. The number of hydrogen-bond donors (Lipinski definition) is 0. The Morgan fingerprint density at radius 3 is 1.85 bits per heavy atom. The van der Waals surface area contributed by atoms with E-state index in [1.165, 1.54) is 51.4 Å². The van der Waals surface area contributed by atoms with Crippen molar-refractivity contribution < 1.29 is 0 Å². The minimum absolute atomic E-state index is 0.806. The van der Waals surface area contributed by atoms with Crippen molar-refractivity contribution in [3.8, 4) is 0 Å². The SMILES string of the molecule is CCCCCCC[CH2][Al+][CH2]CCC. The van der Waals surface area contributed by atoms with E-state index in [0.717, 1.165) is 15.2 Å². The molecule has 0 heterocycles. The van der Waals surface area contributed by atoms with E-state index in [-0.39, 0.29) is 0 Å². The van der Waals surface area contributed by atoms with E-state index in [9.17, 15) is 0 Å². The summed E-state index contributed by atoms with van der Waals surface area (Å²) in [5.74, 6) is 0. The van der Waals surface area contributed by atoms with Gasteiger partial charge in [0.15, 0.2) is 0 Å². The van der Waals surface area contributed by atoms with E-state index in [2.05, 4.69) is 13.8 Å². The van der Waals surface area contributed by atoms with Gasteiger partial charge in [0.25, 0.3) is 0 Å². The van der Waals surface area contributed by atoms with E-state index < -0.39 is 0 Å². The predicted octanol–water partition coefficient (Wildman–Crippen LogP) is 4.69. The molecule has 0 nitrogen and oxygen atoms in total. The topological polar surface area (TPSA) is 0 Å². The molecular weight excluding hydrogens is 171 g/mol. The van der Waals surface area contributed by atoms with Crippen molar-refractivity contribution in [3.63, 3.8) is 0 Å². The van der Waals surface area contributed by atoms with Crippen LogP contribution in [0.15, 0.2) is 0 Å². The van der Waals surface area contributed by atoms with Gasteiger partial charge >= 0.3 is 91.0 Å². The Morgan fingerprint density at radius 2 is 1.15 bits per heavy atom. The third-order valence-corrected chi connectivity index (χ3v) is 4.16. The Balaban J connectivity index is 2.76. The van der Waals surface area contributed by atoms with E-state index in [0.29, 0.717) is 0 Å². The van der Waals surface area contributed by atoms with Crippen LogP contribution in [0.5, 0.6) is 0 Å². The quantitative estimate of drug-likeness (QED) is 0.352. The molecular formula is C12H26Al+. The molecule has 0 rings (SSSR count). The molecule has 0 aromatic heterocycles. The van der Waals surface area contributed by atoms with Crippen LogP contribution in [0.25, 0.3) is 0 Å². The number of hydrogen-bond acceptors (Lipinski definition) is 0. The minimum atomic E-state index is 0.806. The van der Waals surface area contributed by atoms with Crippen molar-refractivity contribution in [2.75, 3.05) is 0 Å². The second kappa shape index (κ2) is 12.5. The van der Waals surface area contributed by atoms with Gasteiger partial charge in [0.05, 0.1) is 0 Å². The molecule has 0 aliphatic carbocycles. The summed E-state index contributed by atoms with van der Waals surface area (Å²) in [6, 6.07) is 0. The molecule has 0 N–H and O–H groups in total. The van der Waals surface area contributed by atoms with Gasteiger partial charge in [-0.1, -0.05) is 0 Å². The molecule has 0 amide bonds. The average Bonchev–Trinajstić information content (AvgIpc) is 2.16. The average molecular weight is 197 g/mol. The molecule has 0 aromatic rings. The van der Waals surface area contributed by atoms with Crippen LogP contribution in [0.4, 0.5) is 0 Å². The molecule has 13 heavy (non-hydrogen) atoms. The molecule has 0 saturated carbocycles. The van der Waals surface area contributed by atoms with Gasteiger partial charge in [-0.05, 0) is 0 Å². The molecule has 0 aliphatic heterocycles. The monoisotopic (exact) mass is 197 g/mol. The van der Waals surface area contributed by atoms with Crippen LogP contribution in [-0.4, -0.2) is 15.2 Å². The molecule has 0 spiro atoms. The fraction of sp³-hybridized carbons (Fsp3) is 1.00. The van der Waals surface area contributed by atoms with Crippen LogP contribution in [-0.2, 0) is 0 Å². The third-order valence-electron chi connectivity index (χ3n) is 2.52. The van der Waals surface area contributed by atoms with Gasteiger partial charge in [-0.3, -0.25) is 0 Å². The van der Waals surface area contributed by atoms with Gasteiger partial charge in [-0.2, -0.15) is 0 Å². The van der Waals surface area contributed by atoms with Crippen molar-refractivity contribution in [1.82, 2.24) is 0 Å². The predicted molar refractivity (Wildman–Crippen MR) is 63.7 cm³/mol. The summed E-state index contributed by atoms with van der Waals surface area (Å²) in [6.07, 6.45) is 11.7. The Hall–Kier alpha value is 0.532. The molecule has 0 saturated heterocycles. The standard InChI is InChI=1S/C8H17.C4H9.Al/c1-3-5-7-8-6-4-2;1-3-4-2;/h1,3-8H2,2H3;1,3-4H2,2H3;/q;;+1. The maximum atomic E-state index is 2.30. The Bertz CT molecular complexity index is 71.2. The van der Waals surface area contributed by atoms with Crippen LogP contribution in [0, 0.1) is 0 Å². The van der Waals surface area contributed by atoms with E-state index in [1.807, 2.05) is 0 Å². The van der Waals surface area contributed by atoms with Crippen molar-refractivity contribution in [1.29, 1.82) is 0 Å². The summed E-state index contributed by atoms with van der Waals surface area (Å²) >= 11 is 0.806. The van der Waals surface area contributed by atoms with Gasteiger partial charge in [0, 0.05) is 0 Å². The molecule has 0 atom stereocenters. The second-order valence-corrected chi connectivity index (χ2v) is 5.72. The van der Waals surface area contributed by atoms with Gasteiger partial charge < -0.3 is 0 Å². The molecule has 0 fully saturated rings. The van der Waals surface area contributed by atoms with Crippen LogP contribution in [0.3, 0.4) is 0 Å². The first-order chi connectivity index (χ1) is 6.41. The molecule has 1 heteroatoms. The van der Waals surface area contributed by atoms with Gasteiger partial charge in [0.1, 0.15) is 0 Å². The van der Waals surface area contributed by atoms with Crippen LogP contribution < -0.4 is 0 Å². The molecule has 0 unspecified atom stereocenters. The van der Waals surface area contributed by atoms with Crippen LogP contribution >= 0.6 is 0 Å². The molecule has 0 bridgehead atoms. The Labute approximate surface area is 91.2 Å². The van der Waals surface area contributed by atoms with Crippen molar-refractivity contribution in [2.45, 2.75) is 75.8 Å². The van der Waals surface area contributed by atoms with Crippen molar-refractivity contribution in [3.05, 3.63) is 0 Å². The van der Waals surface area contributed by atoms with E-state index in [4.69, 9.17) is 0 Å². The van der Waals surface area contributed by atoms with E-state index in [1.54, 1.807) is 10.6 Å². The molecule has 0 radical (unpaired) electrons. The molecule has 0 aliphatic rings. The normalized spacial score (nSPS) is 10.0. The summed E-state index contributed by atoms with van der Waals surface area (Å²) in [5.41, 5.74) is 0. The van der Waals surface area contributed by atoms with Gasteiger partial charge in [-0.25, -0.2) is 0 Å². The summed E-state index contributed by atoms with van der Waals surface area (Å²) in [5, 5.41) is 3.11. The van der Waals surface area contributed by atoms with Gasteiger partial charge in [0.2, 0.25) is 0 Å². The zero-order chi connectivity index (χ0) is 9.78. The van der Waals surface area contributed by atoms with Crippen LogP contribution in [0.1, 0.15) is 65.2 Å². The van der Waals surface area contributed by atoms with Gasteiger partial charge in [-0.15, -0.1) is 0 Å². The first-order valence-corrected chi connectivity index (χ1v) is 7.86. The zero-order valence-electron chi connectivity index (χ0n) is 9.65. The molecule has 0 aromatic carbocycles. The summed E-state index contributed by atoms with van der Waals surface area (Å²) < 4.78 is 0. The van der Waals surface area contributed by atoms with Crippen molar-refractivity contribution in [2.24, 2.45) is 0 Å². The maximum absolute atomic E-state index is 2.30. The molecule has 76 valence electrons. The first kappa shape index (κ1) is 13.5. The Kier molecular flexibility index (Phi) is 13.0. The number of rotatable bonds is 10. The van der Waals surface area contributed by atoms with Crippen molar-refractivity contribution >= 4 is 15.2 Å². The summed E-state index contributed by atoms with van der Waals surface area (Å²) in [4.78, 5) is 0. The second-order valence-electron chi connectivity index (χ2n) is 3.99. The summed E-state index contributed by atoms with van der Waals surface area (Å²) in [6.45, 7) is 4.58. The fourth-order valence-electron chi connectivity index (χ4n) is 1.56. The Morgan fingerprint density at radius 1 is 0.615 bits per heavy atom. The zero-order valence-corrected chi connectivity index (χ0v) is 10.8. The number of unbranched alkanes of at least 4 members (excludes halogenated alkanes) is 6. The fourth-order valence-corrected chi connectivity index (χ4v) is 3.12. The first-order valence-electron chi connectivity index (χ1n) is 6.23. The third kappa shape index (κ3) is 12.5. The van der Waals surface area contributed by atoms with E-state index >= 15 is 0 Å². The van der Waals surface area contributed by atoms with Crippen LogP contribution in [0.2, 0.25) is 10.6 Å².